The van der Waals surface area contributed by atoms with Gasteiger partial charge in [-0.25, -0.2) is 18.6 Å². The minimum atomic E-state index is -0.607. The van der Waals surface area contributed by atoms with Crippen molar-refractivity contribution in [1.82, 2.24) is 4.98 Å². The molecule has 0 spiro atoms. The molecule has 4 nitrogen and oxygen atoms in total. The minimum Gasteiger partial charge on any atom is -0.462 e. The smallest absolute Gasteiger partial charge is 0.340 e. The van der Waals surface area contributed by atoms with Crippen LogP contribution in [0.25, 0.3) is 10.9 Å². The van der Waals surface area contributed by atoms with Crippen molar-refractivity contribution in [1.29, 1.82) is 0 Å². The summed E-state index contributed by atoms with van der Waals surface area (Å²) in [5, 5.41) is 2.77. The number of nitrogens with two attached hydrogens (primary N) is 1. The summed E-state index contributed by atoms with van der Waals surface area (Å²) in [5.74, 6) is -1.61. The van der Waals surface area contributed by atoms with Crippen LogP contribution in [0.3, 0.4) is 0 Å². The van der Waals surface area contributed by atoms with E-state index in [1.807, 2.05) is 43.4 Å². The topological polar surface area (TPSA) is 55.8 Å². The van der Waals surface area contributed by atoms with E-state index in [1.54, 1.807) is 6.92 Å². The predicted octanol–water partition coefficient (Wildman–Crippen LogP) is 3.82. The second kappa shape index (κ2) is 8.44. The van der Waals surface area contributed by atoms with Crippen LogP contribution in [-0.2, 0) is 11.3 Å². The molecule has 146 valence electrons. The second-order valence-corrected chi connectivity index (χ2v) is 6.69. The van der Waals surface area contributed by atoms with Crippen molar-refractivity contribution in [3.05, 3.63) is 76.5 Å². The van der Waals surface area contributed by atoms with Crippen molar-refractivity contribution in [2.75, 3.05) is 6.61 Å². The maximum atomic E-state index is 14.1. The van der Waals surface area contributed by atoms with E-state index in [-0.39, 0.29) is 12.6 Å². The van der Waals surface area contributed by atoms with Crippen LogP contribution in [0.4, 0.5) is 8.78 Å². The second-order valence-electron chi connectivity index (χ2n) is 6.69. The lowest BCUT2D eigenvalue weighted by atomic mass is 10.0. The molecule has 2 N–H and O–H groups in total. The van der Waals surface area contributed by atoms with Gasteiger partial charge in [0.05, 0.1) is 17.7 Å². The molecule has 3 rings (SSSR count). The van der Waals surface area contributed by atoms with Gasteiger partial charge in [0.15, 0.2) is 0 Å². The Labute approximate surface area is 162 Å². The highest BCUT2D eigenvalue weighted by Gasteiger charge is 2.22. The van der Waals surface area contributed by atoms with Crippen LogP contribution in [0.15, 0.2) is 42.5 Å². The number of benzene rings is 2. The number of pyridine rings is 1. The van der Waals surface area contributed by atoms with Crippen LogP contribution >= 0.6 is 0 Å². The first kappa shape index (κ1) is 19.9. The quantitative estimate of drug-likeness (QED) is 0.657. The van der Waals surface area contributed by atoms with Gasteiger partial charge in [-0.2, -0.15) is 0 Å². The molecule has 6 heteroatoms. The first-order valence-corrected chi connectivity index (χ1v) is 9.26. The van der Waals surface area contributed by atoms with E-state index in [1.165, 1.54) is 12.1 Å². The van der Waals surface area contributed by atoms with Gasteiger partial charge >= 0.3 is 5.97 Å². The molecule has 0 bridgehead atoms. The molecule has 1 aromatic heterocycles. The Morgan fingerprint density at radius 1 is 1.21 bits per heavy atom. The molecule has 0 radical (unpaired) electrons. The van der Waals surface area contributed by atoms with Crippen molar-refractivity contribution in [3.8, 4) is 0 Å². The Morgan fingerprint density at radius 3 is 2.68 bits per heavy atom. The number of hydrogen-bond donors (Lipinski definition) is 1. The van der Waals surface area contributed by atoms with Gasteiger partial charge in [0, 0.05) is 17.0 Å². The average molecular weight is 385 g/mol. The standard InChI is InChI=1S/C22H22F2N2O2/c1-4-28-22(27)21-13(2)16-7-5-6-8-19(16)26-20(21)12-25-14(3)17-10-9-15(23)11-18(17)24/h5-11,14,25H,4,12H2,1-3H3/p+1/t14-/m1/s1. The zero-order valence-corrected chi connectivity index (χ0v) is 16.1. The first-order valence-electron chi connectivity index (χ1n) is 9.26. The number of nitrogens with zero attached hydrogens (tertiary/aromatic N) is 1. The fourth-order valence-electron chi connectivity index (χ4n) is 3.35. The first-order chi connectivity index (χ1) is 13.4. The largest absolute Gasteiger partial charge is 0.462 e. The van der Waals surface area contributed by atoms with E-state index in [0.29, 0.717) is 23.4 Å². The van der Waals surface area contributed by atoms with Crippen molar-refractivity contribution in [3.63, 3.8) is 0 Å². The van der Waals surface area contributed by atoms with Crippen LogP contribution < -0.4 is 5.32 Å². The van der Waals surface area contributed by atoms with Gasteiger partial charge < -0.3 is 10.1 Å². The summed E-state index contributed by atoms with van der Waals surface area (Å²) in [6.07, 6.45) is 0. The molecule has 0 aliphatic heterocycles. The van der Waals surface area contributed by atoms with Crippen LogP contribution in [-0.4, -0.2) is 17.6 Å². The lowest BCUT2D eigenvalue weighted by Crippen LogP contribution is -2.83. The average Bonchev–Trinajstić information content (AvgIpc) is 2.66. The number of ether oxygens (including phenoxy) is 1. The number of rotatable bonds is 6. The molecule has 1 heterocycles. The zero-order chi connectivity index (χ0) is 20.3. The Kier molecular flexibility index (Phi) is 5.99. The molecular formula is C22H23F2N2O2+. The molecule has 3 aromatic rings. The molecule has 0 aliphatic rings. The maximum absolute atomic E-state index is 14.1. The van der Waals surface area contributed by atoms with Crippen molar-refractivity contribution in [2.24, 2.45) is 0 Å². The van der Waals surface area contributed by atoms with Gasteiger partial charge in [0.1, 0.15) is 29.9 Å². The minimum absolute atomic E-state index is 0.269. The lowest BCUT2D eigenvalue weighted by Gasteiger charge is -2.16. The number of esters is 1. The van der Waals surface area contributed by atoms with Crippen LogP contribution in [0, 0.1) is 18.6 Å². The number of quaternary nitrogens is 1. The van der Waals surface area contributed by atoms with Gasteiger partial charge in [-0.3, -0.25) is 0 Å². The highest BCUT2D eigenvalue weighted by atomic mass is 19.1. The third-order valence-corrected chi connectivity index (χ3v) is 4.82. The Bertz CT molecular complexity index is 1020. The third-order valence-electron chi connectivity index (χ3n) is 4.82. The van der Waals surface area contributed by atoms with Crippen LogP contribution in [0.1, 0.15) is 47.1 Å². The SMILES string of the molecule is CCOC(=O)c1c(C[NH2+][C@H](C)c2ccc(F)cc2F)nc2ccccc2c1C. The predicted molar refractivity (Wildman–Crippen MR) is 103 cm³/mol. The number of aryl methyl sites for hydroxylation is 1. The summed E-state index contributed by atoms with van der Waals surface area (Å²) in [6, 6.07) is 10.9. The fraction of sp³-hybridized carbons (Fsp3) is 0.273. The summed E-state index contributed by atoms with van der Waals surface area (Å²) in [4.78, 5) is 17.2. The van der Waals surface area contributed by atoms with Gasteiger partial charge in [-0.05, 0) is 44.5 Å². The maximum Gasteiger partial charge on any atom is 0.340 e. The number of hydrogen-bond acceptors (Lipinski definition) is 3. The Hall–Kier alpha value is -2.86. The Morgan fingerprint density at radius 2 is 1.96 bits per heavy atom. The van der Waals surface area contributed by atoms with E-state index < -0.39 is 17.6 Å². The highest BCUT2D eigenvalue weighted by Crippen LogP contribution is 2.23. The molecule has 2 aromatic carbocycles. The lowest BCUT2D eigenvalue weighted by molar-refractivity contribution is -0.708. The fourth-order valence-corrected chi connectivity index (χ4v) is 3.35. The van der Waals surface area contributed by atoms with Crippen LogP contribution in [0.2, 0.25) is 0 Å². The number of aromatic nitrogens is 1. The van der Waals surface area contributed by atoms with E-state index in [2.05, 4.69) is 4.98 Å². The summed E-state index contributed by atoms with van der Waals surface area (Å²) in [5.41, 5.74) is 3.04. The van der Waals surface area contributed by atoms with Crippen molar-refractivity contribution in [2.45, 2.75) is 33.4 Å². The number of carbonyl (C=O) groups excluding carboxylic acids is 1. The monoisotopic (exact) mass is 385 g/mol. The normalized spacial score (nSPS) is 12.2. The summed E-state index contributed by atoms with van der Waals surface area (Å²) >= 11 is 0. The molecule has 0 unspecified atom stereocenters. The van der Waals surface area contributed by atoms with E-state index >= 15 is 0 Å². The molecule has 0 amide bonds. The van der Waals surface area contributed by atoms with E-state index in [9.17, 15) is 13.6 Å². The van der Waals surface area contributed by atoms with E-state index in [0.717, 1.165) is 22.5 Å². The molecule has 0 fully saturated rings. The molecule has 0 saturated carbocycles. The molecule has 28 heavy (non-hydrogen) atoms. The number of halogens is 2. The number of fused-ring (bicyclic) bond motifs is 1. The van der Waals surface area contributed by atoms with Crippen LogP contribution in [0.5, 0.6) is 0 Å². The highest BCUT2D eigenvalue weighted by molar-refractivity contribution is 5.98. The van der Waals surface area contributed by atoms with Gasteiger partial charge in [0.2, 0.25) is 0 Å². The molecule has 0 aliphatic carbocycles. The number of para-hydroxylation sites is 1. The summed E-state index contributed by atoms with van der Waals surface area (Å²) in [6.45, 7) is 6.09. The summed E-state index contributed by atoms with van der Waals surface area (Å²) < 4.78 is 32.4. The molecule has 0 saturated heterocycles. The van der Waals surface area contributed by atoms with Crippen molar-refractivity contribution >= 4 is 16.9 Å². The summed E-state index contributed by atoms with van der Waals surface area (Å²) in [7, 11) is 0. The van der Waals surface area contributed by atoms with E-state index in [4.69, 9.17) is 4.74 Å². The third kappa shape index (κ3) is 4.02. The van der Waals surface area contributed by atoms with Crippen molar-refractivity contribution < 1.29 is 23.6 Å². The molecule has 1 atom stereocenters. The Balaban J connectivity index is 1.94. The van der Waals surface area contributed by atoms with Gasteiger partial charge in [-0.1, -0.05) is 18.2 Å². The van der Waals surface area contributed by atoms with Gasteiger partial charge in [0.25, 0.3) is 0 Å². The number of carbonyl (C=O) groups is 1. The zero-order valence-electron chi connectivity index (χ0n) is 16.1. The molecular weight excluding hydrogens is 362 g/mol. The van der Waals surface area contributed by atoms with Gasteiger partial charge in [-0.15, -0.1) is 0 Å².